The zero-order valence-electron chi connectivity index (χ0n) is 19.8. The fourth-order valence-electron chi connectivity index (χ4n) is 4.16. The number of carbonyl (C=O) groups is 3. The monoisotopic (exact) mass is 498 g/mol. The molecule has 2 aromatic rings. The van der Waals surface area contributed by atoms with Crippen molar-refractivity contribution in [1.82, 2.24) is 14.8 Å². The summed E-state index contributed by atoms with van der Waals surface area (Å²) in [5.41, 5.74) is 2.70. The van der Waals surface area contributed by atoms with Crippen molar-refractivity contribution in [3.8, 4) is 0 Å². The molecule has 7 nitrogen and oxygen atoms in total. The van der Waals surface area contributed by atoms with Crippen LogP contribution in [0.3, 0.4) is 0 Å². The average molecular weight is 499 g/mol. The van der Waals surface area contributed by atoms with Gasteiger partial charge in [0.1, 0.15) is 0 Å². The molecule has 0 spiro atoms. The summed E-state index contributed by atoms with van der Waals surface area (Å²) >= 11 is 3.00. The van der Waals surface area contributed by atoms with Crippen molar-refractivity contribution in [1.29, 1.82) is 0 Å². The Hall–Kier alpha value is -2.65. The number of thiazole rings is 1. The van der Waals surface area contributed by atoms with Gasteiger partial charge in [-0.1, -0.05) is 35.7 Å². The van der Waals surface area contributed by atoms with Gasteiger partial charge in [-0.3, -0.25) is 14.4 Å². The molecule has 1 aromatic carbocycles. The smallest absolute Gasteiger partial charge is 0.254 e. The standard InChI is InChI=1S/C25H30N4O3S2/c1-5-21(30)29-10-6-9-28(14-17(29)4)24(32)19-12-20(16(3)11-15(19)2)33-22-13-26-25(34-22)27-23(31)18-7-8-18/h5,11-13,17-18H,1,6-10,14H2,2-4H3,(H,26,27,31). The quantitative estimate of drug-likeness (QED) is 0.593. The number of aromatic nitrogens is 1. The molecular weight excluding hydrogens is 468 g/mol. The van der Waals surface area contributed by atoms with E-state index < -0.39 is 0 Å². The Kier molecular flexibility index (Phi) is 7.42. The number of aryl methyl sites for hydroxylation is 2. The van der Waals surface area contributed by atoms with E-state index in [1.54, 1.807) is 22.9 Å². The van der Waals surface area contributed by atoms with Crippen LogP contribution in [0, 0.1) is 19.8 Å². The maximum Gasteiger partial charge on any atom is 0.254 e. The Morgan fingerprint density at radius 3 is 2.68 bits per heavy atom. The second-order valence-corrected chi connectivity index (χ2v) is 11.3. The van der Waals surface area contributed by atoms with Gasteiger partial charge in [-0.15, -0.1) is 0 Å². The highest BCUT2D eigenvalue weighted by atomic mass is 32.2. The molecule has 0 bridgehead atoms. The average Bonchev–Trinajstić information content (AvgIpc) is 3.60. The molecule has 1 N–H and O–H groups in total. The van der Waals surface area contributed by atoms with Crippen LogP contribution in [0.1, 0.15) is 47.7 Å². The van der Waals surface area contributed by atoms with Crippen LogP contribution in [0.25, 0.3) is 0 Å². The molecule has 2 heterocycles. The van der Waals surface area contributed by atoms with Crippen LogP contribution in [-0.4, -0.2) is 58.2 Å². The van der Waals surface area contributed by atoms with E-state index in [0.717, 1.165) is 39.5 Å². The summed E-state index contributed by atoms with van der Waals surface area (Å²) in [6, 6.07) is 3.93. The summed E-state index contributed by atoms with van der Waals surface area (Å²) < 4.78 is 0.957. The maximum atomic E-state index is 13.5. The fraction of sp³-hybridized carbons (Fsp3) is 0.440. The van der Waals surface area contributed by atoms with Crippen LogP contribution in [0.15, 0.2) is 40.1 Å². The zero-order valence-corrected chi connectivity index (χ0v) is 21.4. The molecule has 1 saturated heterocycles. The normalized spacial score (nSPS) is 18.4. The predicted molar refractivity (Wildman–Crippen MR) is 135 cm³/mol. The summed E-state index contributed by atoms with van der Waals surface area (Å²) in [4.78, 5) is 46.6. The lowest BCUT2D eigenvalue weighted by molar-refractivity contribution is -0.127. The summed E-state index contributed by atoms with van der Waals surface area (Å²) in [7, 11) is 0. The van der Waals surface area contributed by atoms with Crippen molar-refractivity contribution in [2.24, 2.45) is 5.92 Å². The van der Waals surface area contributed by atoms with Gasteiger partial charge in [-0.05, 0) is 63.3 Å². The van der Waals surface area contributed by atoms with E-state index in [2.05, 4.69) is 16.9 Å². The van der Waals surface area contributed by atoms with Crippen molar-refractivity contribution in [2.75, 3.05) is 25.0 Å². The van der Waals surface area contributed by atoms with Gasteiger partial charge in [0.25, 0.3) is 5.91 Å². The molecule has 1 aliphatic heterocycles. The molecule has 4 rings (SSSR count). The topological polar surface area (TPSA) is 82.6 Å². The van der Waals surface area contributed by atoms with E-state index in [9.17, 15) is 14.4 Å². The van der Waals surface area contributed by atoms with Gasteiger partial charge in [0.05, 0.1) is 10.4 Å². The lowest BCUT2D eigenvalue weighted by Crippen LogP contribution is -2.43. The fourth-order valence-corrected chi connectivity index (χ4v) is 6.10. The van der Waals surface area contributed by atoms with Crippen molar-refractivity contribution in [3.05, 3.63) is 47.7 Å². The molecule has 1 saturated carbocycles. The lowest BCUT2D eigenvalue weighted by Gasteiger charge is -2.28. The molecule has 9 heteroatoms. The highest BCUT2D eigenvalue weighted by Gasteiger charge is 2.30. The van der Waals surface area contributed by atoms with Gasteiger partial charge in [0, 0.05) is 42.1 Å². The number of anilines is 1. The molecule has 0 radical (unpaired) electrons. The Morgan fingerprint density at radius 2 is 1.97 bits per heavy atom. The van der Waals surface area contributed by atoms with E-state index in [-0.39, 0.29) is 29.7 Å². The molecule has 180 valence electrons. The van der Waals surface area contributed by atoms with E-state index in [0.29, 0.717) is 30.3 Å². The van der Waals surface area contributed by atoms with Gasteiger partial charge >= 0.3 is 0 Å². The molecule has 34 heavy (non-hydrogen) atoms. The van der Waals surface area contributed by atoms with E-state index >= 15 is 0 Å². The van der Waals surface area contributed by atoms with Crippen LogP contribution in [0.4, 0.5) is 5.13 Å². The molecule has 2 fully saturated rings. The first-order valence-electron chi connectivity index (χ1n) is 11.5. The minimum atomic E-state index is -0.0933. The summed E-state index contributed by atoms with van der Waals surface area (Å²) in [6.07, 6.45) is 5.75. The van der Waals surface area contributed by atoms with Crippen LogP contribution >= 0.6 is 23.1 Å². The number of amides is 3. The first kappa shape index (κ1) is 24.5. The van der Waals surface area contributed by atoms with Gasteiger partial charge in [-0.25, -0.2) is 4.98 Å². The third kappa shape index (κ3) is 5.52. The maximum absolute atomic E-state index is 13.5. The molecule has 1 aromatic heterocycles. The first-order valence-corrected chi connectivity index (χ1v) is 13.2. The third-order valence-corrected chi connectivity index (χ3v) is 8.39. The van der Waals surface area contributed by atoms with Crippen LogP contribution in [0.5, 0.6) is 0 Å². The molecule has 1 unspecified atom stereocenters. The van der Waals surface area contributed by atoms with E-state index in [1.807, 2.05) is 37.8 Å². The largest absolute Gasteiger partial charge is 0.337 e. The van der Waals surface area contributed by atoms with Gasteiger partial charge < -0.3 is 15.1 Å². The Balaban J connectivity index is 1.49. The number of benzene rings is 1. The van der Waals surface area contributed by atoms with E-state index in [1.165, 1.54) is 17.4 Å². The number of hydrogen-bond acceptors (Lipinski definition) is 6. The Bertz CT molecular complexity index is 1130. The number of rotatable bonds is 6. The highest BCUT2D eigenvalue weighted by Crippen LogP contribution is 2.38. The number of carbonyl (C=O) groups excluding carboxylic acids is 3. The van der Waals surface area contributed by atoms with Crippen molar-refractivity contribution >= 4 is 46.0 Å². The molecular formula is C25H30N4O3S2. The van der Waals surface area contributed by atoms with Crippen molar-refractivity contribution < 1.29 is 14.4 Å². The van der Waals surface area contributed by atoms with Gasteiger partial charge in [0.15, 0.2) is 5.13 Å². The summed E-state index contributed by atoms with van der Waals surface area (Å²) in [6.45, 7) is 11.3. The zero-order chi connectivity index (χ0) is 24.4. The van der Waals surface area contributed by atoms with Crippen LogP contribution < -0.4 is 5.32 Å². The second-order valence-electron chi connectivity index (χ2n) is 8.97. The minimum Gasteiger partial charge on any atom is -0.337 e. The van der Waals surface area contributed by atoms with Crippen LogP contribution in [0.2, 0.25) is 0 Å². The minimum absolute atomic E-state index is 0.0132. The summed E-state index contributed by atoms with van der Waals surface area (Å²) in [5, 5.41) is 3.50. The number of nitrogens with one attached hydrogen (secondary N) is 1. The highest BCUT2D eigenvalue weighted by molar-refractivity contribution is 8.01. The number of nitrogens with zero attached hydrogens (tertiary/aromatic N) is 3. The van der Waals surface area contributed by atoms with Gasteiger partial charge in [-0.2, -0.15) is 0 Å². The lowest BCUT2D eigenvalue weighted by atomic mass is 10.0. The number of hydrogen-bond donors (Lipinski definition) is 1. The second kappa shape index (κ2) is 10.3. The SMILES string of the molecule is C=CC(=O)N1CCCN(C(=O)c2cc(Sc3cnc(NC(=O)C4CC4)s3)c(C)cc2C)CC1C. The predicted octanol–water partition coefficient (Wildman–Crippen LogP) is 4.51. The summed E-state index contributed by atoms with van der Waals surface area (Å²) in [5.74, 6) is 0.0759. The third-order valence-electron chi connectivity index (χ3n) is 6.21. The van der Waals surface area contributed by atoms with Crippen LogP contribution in [-0.2, 0) is 9.59 Å². The van der Waals surface area contributed by atoms with Crippen molar-refractivity contribution in [3.63, 3.8) is 0 Å². The van der Waals surface area contributed by atoms with Gasteiger partial charge in [0.2, 0.25) is 11.8 Å². The van der Waals surface area contributed by atoms with Crippen molar-refractivity contribution in [2.45, 2.75) is 55.2 Å². The molecule has 1 atom stereocenters. The molecule has 1 aliphatic carbocycles. The first-order chi connectivity index (χ1) is 16.3. The Morgan fingerprint density at radius 1 is 1.21 bits per heavy atom. The molecule has 2 aliphatic rings. The molecule has 3 amide bonds. The Labute approximate surface area is 208 Å². The van der Waals surface area contributed by atoms with E-state index in [4.69, 9.17) is 0 Å².